The van der Waals surface area contributed by atoms with Crippen LogP contribution in [0.1, 0.15) is 19.3 Å². The van der Waals surface area contributed by atoms with Gasteiger partial charge in [-0.2, -0.15) is 0 Å². The molecule has 1 N–H and O–H groups in total. The highest BCUT2D eigenvalue weighted by Gasteiger charge is 2.67. The first kappa shape index (κ1) is 9.71. The van der Waals surface area contributed by atoms with Crippen molar-refractivity contribution < 1.29 is 4.79 Å². The lowest BCUT2D eigenvalue weighted by atomic mass is 10.0. The average Bonchev–Trinajstić information content (AvgIpc) is 2.64. The molecule has 3 aliphatic rings. The molecule has 3 fully saturated rings. The second kappa shape index (κ2) is 3.24. The Bertz CT molecular complexity index is 312. The summed E-state index contributed by atoms with van der Waals surface area (Å²) in [6.45, 7) is 3.99. The summed E-state index contributed by atoms with van der Waals surface area (Å²) >= 11 is 5.63. The molecule has 3 rings (SSSR count). The molecule has 3 aliphatic carbocycles. The zero-order chi connectivity index (χ0) is 10.6. The highest BCUT2D eigenvalue weighted by molar-refractivity contribution is 6.29. The van der Waals surface area contributed by atoms with Crippen molar-refractivity contribution in [1.82, 2.24) is 5.32 Å². The fourth-order valence-corrected chi connectivity index (χ4v) is 4.04. The maximum Gasteiger partial charge on any atom is 0.224 e. The second-order valence-electron chi connectivity index (χ2n) is 5.25. The second-order valence-corrected chi connectivity index (χ2v) is 5.78. The standard InChI is InChI=1S/C12H16ClNO/c1-6(13)5-14-12(15)11-9-7-2-3-8(4-7)10(9)11/h7-11H,1-5H2,(H,14,15). The van der Waals surface area contributed by atoms with Crippen LogP contribution < -0.4 is 5.32 Å². The SMILES string of the molecule is C=C(Cl)CNC(=O)C1C2C3CCC(C3)C12. The normalized spacial score (nSPS) is 45.0. The lowest BCUT2D eigenvalue weighted by Crippen LogP contribution is -2.28. The highest BCUT2D eigenvalue weighted by Crippen LogP contribution is 2.69. The topological polar surface area (TPSA) is 29.1 Å². The molecular weight excluding hydrogens is 210 g/mol. The summed E-state index contributed by atoms with van der Waals surface area (Å²) in [6.07, 6.45) is 4.11. The minimum atomic E-state index is 0.211. The Morgan fingerprint density at radius 1 is 1.33 bits per heavy atom. The molecule has 0 saturated heterocycles. The number of carbonyl (C=O) groups excluding carboxylic acids is 1. The van der Waals surface area contributed by atoms with Crippen LogP contribution in [0.5, 0.6) is 0 Å². The number of nitrogens with one attached hydrogen (secondary N) is 1. The first-order chi connectivity index (χ1) is 7.18. The quantitative estimate of drug-likeness (QED) is 0.784. The Kier molecular flexibility index (Phi) is 2.10. The van der Waals surface area contributed by atoms with Crippen molar-refractivity contribution in [3.63, 3.8) is 0 Å². The maximum atomic E-state index is 11.8. The van der Waals surface area contributed by atoms with Crippen LogP contribution >= 0.6 is 11.6 Å². The van der Waals surface area contributed by atoms with Crippen LogP contribution in [0.2, 0.25) is 0 Å². The Morgan fingerprint density at radius 3 is 2.47 bits per heavy atom. The van der Waals surface area contributed by atoms with Crippen molar-refractivity contribution in [2.75, 3.05) is 6.54 Å². The summed E-state index contributed by atoms with van der Waals surface area (Å²) in [7, 11) is 0. The van der Waals surface area contributed by atoms with Crippen molar-refractivity contribution >= 4 is 17.5 Å². The summed E-state index contributed by atoms with van der Waals surface area (Å²) in [6, 6.07) is 0. The van der Waals surface area contributed by atoms with E-state index in [1.54, 1.807) is 0 Å². The summed E-state index contributed by atoms with van der Waals surface area (Å²) in [5, 5.41) is 3.38. The van der Waals surface area contributed by atoms with Gasteiger partial charge in [0.2, 0.25) is 5.91 Å². The van der Waals surface area contributed by atoms with E-state index >= 15 is 0 Å². The first-order valence-electron chi connectivity index (χ1n) is 5.79. The van der Waals surface area contributed by atoms with E-state index in [1.807, 2.05) is 0 Å². The van der Waals surface area contributed by atoms with Gasteiger partial charge in [0.25, 0.3) is 0 Å². The largest absolute Gasteiger partial charge is 0.351 e. The van der Waals surface area contributed by atoms with Gasteiger partial charge in [0, 0.05) is 11.0 Å². The summed E-state index contributed by atoms with van der Waals surface area (Å²) < 4.78 is 0. The molecule has 15 heavy (non-hydrogen) atoms. The van der Waals surface area contributed by atoms with Crippen LogP contribution in [-0.2, 0) is 4.79 Å². The van der Waals surface area contributed by atoms with Crippen molar-refractivity contribution in [1.29, 1.82) is 0 Å². The maximum absolute atomic E-state index is 11.8. The minimum Gasteiger partial charge on any atom is -0.351 e. The summed E-state index contributed by atoms with van der Waals surface area (Å²) in [5.74, 6) is 3.67. The molecule has 4 unspecified atom stereocenters. The number of carbonyl (C=O) groups is 1. The summed E-state index contributed by atoms with van der Waals surface area (Å²) in [5.41, 5.74) is 0. The molecule has 0 radical (unpaired) electrons. The van der Waals surface area contributed by atoms with Gasteiger partial charge in [-0.15, -0.1) is 0 Å². The van der Waals surface area contributed by atoms with E-state index in [0.717, 1.165) is 11.8 Å². The van der Waals surface area contributed by atoms with Crippen molar-refractivity contribution in [2.24, 2.45) is 29.6 Å². The number of rotatable bonds is 3. The van der Waals surface area contributed by atoms with Gasteiger partial charge >= 0.3 is 0 Å². The molecule has 0 aromatic heterocycles. The predicted molar refractivity (Wildman–Crippen MR) is 59.3 cm³/mol. The van der Waals surface area contributed by atoms with Crippen LogP contribution in [0.15, 0.2) is 11.6 Å². The van der Waals surface area contributed by atoms with Gasteiger partial charge in [0.1, 0.15) is 0 Å². The van der Waals surface area contributed by atoms with E-state index in [9.17, 15) is 4.79 Å². The molecule has 4 atom stereocenters. The zero-order valence-corrected chi connectivity index (χ0v) is 9.46. The number of halogens is 1. The van der Waals surface area contributed by atoms with Gasteiger partial charge in [-0.3, -0.25) is 4.79 Å². The Labute approximate surface area is 95.1 Å². The monoisotopic (exact) mass is 225 g/mol. The van der Waals surface area contributed by atoms with Gasteiger partial charge in [-0.1, -0.05) is 18.2 Å². The fourth-order valence-electron chi connectivity index (χ4n) is 3.98. The number of fused-ring (bicyclic) bond motifs is 5. The Morgan fingerprint density at radius 2 is 1.93 bits per heavy atom. The number of hydrogen-bond acceptors (Lipinski definition) is 1. The molecule has 0 aliphatic heterocycles. The van der Waals surface area contributed by atoms with Gasteiger partial charge in [0.15, 0.2) is 0 Å². The average molecular weight is 226 g/mol. The fraction of sp³-hybridized carbons (Fsp3) is 0.750. The van der Waals surface area contributed by atoms with Crippen molar-refractivity contribution in [3.05, 3.63) is 11.6 Å². The van der Waals surface area contributed by atoms with E-state index < -0.39 is 0 Å². The third kappa shape index (κ3) is 1.42. The molecule has 0 heterocycles. The van der Waals surface area contributed by atoms with Gasteiger partial charge in [-0.05, 0) is 42.9 Å². The highest BCUT2D eigenvalue weighted by atomic mass is 35.5. The summed E-state index contributed by atoms with van der Waals surface area (Å²) in [4.78, 5) is 11.8. The zero-order valence-electron chi connectivity index (χ0n) is 8.71. The Balaban J connectivity index is 1.58. The van der Waals surface area contributed by atoms with E-state index in [1.165, 1.54) is 19.3 Å². The first-order valence-corrected chi connectivity index (χ1v) is 6.17. The van der Waals surface area contributed by atoms with Crippen LogP contribution in [0, 0.1) is 29.6 Å². The molecule has 0 aromatic carbocycles. The van der Waals surface area contributed by atoms with Gasteiger partial charge in [0.05, 0.1) is 6.54 Å². The molecular formula is C12H16ClNO. The molecule has 0 aromatic rings. The molecule has 82 valence electrons. The van der Waals surface area contributed by atoms with Crippen LogP contribution in [-0.4, -0.2) is 12.5 Å². The van der Waals surface area contributed by atoms with Crippen molar-refractivity contribution in [2.45, 2.75) is 19.3 Å². The Hall–Kier alpha value is -0.500. The molecule has 0 spiro atoms. The van der Waals surface area contributed by atoms with E-state index in [2.05, 4.69) is 11.9 Å². The van der Waals surface area contributed by atoms with E-state index in [0.29, 0.717) is 29.3 Å². The lowest BCUT2D eigenvalue weighted by molar-refractivity contribution is -0.123. The third-order valence-electron chi connectivity index (χ3n) is 4.49. The van der Waals surface area contributed by atoms with Crippen LogP contribution in [0.4, 0.5) is 0 Å². The molecule has 3 saturated carbocycles. The molecule has 1 amide bonds. The molecule has 3 heteroatoms. The molecule has 2 bridgehead atoms. The van der Waals surface area contributed by atoms with Crippen molar-refractivity contribution in [3.8, 4) is 0 Å². The smallest absolute Gasteiger partial charge is 0.224 e. The number of amides is 1. The molecule has 2 nitrogen and oxygen atoms in total. The van der Waals surface area contributed by atoms with Gasteiger partial charge in [-0.25, -0.2) is 0 Å². The van der Waals surface area contributed by atoms with Crippen LogP contribution in [0.3, 0.4) is 0 Å². The third-order valence-corrected chi connectivity index (χ3v) is 4.63. The van der Waals surface area contributed by atoms with E-state index in [4.69, 9.17) is 11.6 Å². The predicted octanol–water partition coefficient (Wildman–Crippen LogP) is 2.15. The number of hydrogen-bond donors (Lipinski definition) is 1. The lowest BCUT2D eigenvalue weighted by Gasteiger charge is -2.08. The van der Waals surface area contributed by atoms with Crippen LogP contribution in [0.25, 0.3) is 0 Å². The minimum absolute atomic E-state index is 0.211. The van der Waals surface area contributed by atoms with Gasteiger partial charge < -0.3 is 5.32 Å². The van der Waals surface area contributed by atoms with E-state index in [-0.39, 0.29) is 5.91 Å².